The first kappa shape index (κ1) is 17.5. The maximum atomic E-state index is 12.4. The Morgan fingerprint density at radius 3 is 2.52 bits per heavy atom. The third-order valence-electron chi connectivity index (χ3n) is 4.07. The zero-order valence-corrected chi connectivity index (χ0v) is 15.5. The largest absolute Gasteiger partial charge is 0.494 e. The van der Waals surface area contributed by atoms with Crippen molar-refractivity contribution in [3.8, 4) is 5.75 Å². The van der Waals surface area contributed by atoms with Crippen LogP contribution in [0.25, 0.3) is 0 Å². The summed E-state index contributed by atoms with van der Waals surface area (Å²) < 4.78 is 6.36. The average Bonchev–Trinajstić information content (AvgIpc) is 3.00. The molecule has 1 fully saturated rings. The molecule has 1 saturated heterocycles. The molecule has 1 aliphatic rings. The van der Waals surface area contributed by atoms with Gasteiger partial charge >= 0.3 is 0 Å². The van der Waals surface area contributed by atoms with Gasteiger partial charge in [-0.1, -0.05) is 15.9 Å². The van der Waals surface area contributed by atoms with E-state index < -0.39 is 0 Å². The van der Waals surface area contributed by atoms with Gasteiger partial charge in [0.05, 0.1) is 12.5 Å². The lowest BCUT2D eigenvalue weighted by molar-refractivity contribution is -0.122. The Kier molecular flexibility index (Phi) is 5.38. The molecule has 1 heterocycles. The average molecular weight is 403 g/mol. The smallest absolute Gasteiger partial charge is 0.229 e. The van der Waals surface area contributed by atoms with Crippen molar-refractivity contribution >= 4 is 39.1 Å². The summed E-state index contributed by atoms with van der Waals surface area (Å²) in [6.07, 6.45) is 0.218. The topological polar surface area (TPSA) is 58.6 Å². The van der Waals surface area contributed by atoms with Crippen molar-refractivity contribution in [1.82, 2.24) is 0 Å². The van der Waals surface area contributed by atoms with Crippen LogP contribution in [0.15, 0.2) is 53.0 Å². The van der Waals surface area contributed by atoms with Gasteiger partial charge < -0.3 is 15.0 Å². The van der Waals surface area contributed by atoms with Crippen LogP contribution in [-0.2, 0) is 9.59 Å². The SMILES string of the molecule is CCOc1ccc(N2C[C@H](C(=O)Nc3ccc(Br)cc3)CC2=O)cc1. The third kappa shape index (κ3) is 4.20. The van der Waals surface area contributed by atoms with Crippen LogP contribution >= 0.6 is 15.9 Å². The van der Waals surface area contributed by atoms with Crippen molar-refractivity contribution in [1.29, 1.82) is 0 Å². The summed E-state index contributed by atoms with van der Waals surface area (Å²) in [5.74, 6) is 0.231. The van der Waals surface area contributed by atoms with Gasteiger partial charge in [0, 0.05) is 28.8 Å². The minimum Gasteiger partial charge on any atom is -0.494 e. The molecule has 1 aliphatic heterocycles. The van der Waals surface area contributed by atoms with E-state index in [1.807, 2.05) is 55.5 Å². The summed E-state index contributed by atoms with van der Waals surface area (Å²) in [6.45, 7) is 2.90. The molecule has 0 aromatic heterocycles. The molecule has 0 unspecified atom stereocenters. The van der Waals surface area contributed by atoms with E-state index in [1.54, 1.807) is 4.90 Å². The minimum absolute atomic E-state index is 0.0416. The van der Waals surface area contributed by atoms with E-state index >= 15 is 0 Å². The fourth-order valence-corrected chi connectivity index (χ4v) is 3.06. The number of carbonyl (C=O) groups excluding carboxylic acids is 2. The quantitative estimate of drug-likeness (QED) is 0.826. The predicted octanol–water partition coefficient (Wildman–Crippen LogP) is 3.84. The fraction of sp³-hybridized carbons (Fsp3) is 0.263. The molecule has 0 saturated carbocycles. The molecule has 130 valence electrons. The molecule has 6 heteroatoms. The lowest BCUT2D eigenvalue weighted by Crippen LogP contribution is -2.28. The second kappa shape index (κ2) is 7.70. The third-order valence-corrected chi connectivity index (χ3v) is 4.60. The van der Waals surface area contributed by atoms with Crippen LogP contribution in [0.4, 0.5) is 11.4 Å². The Balaban J connectivity index is 1.65. The summed E-state index contributed by atoms with van der Waals surface area (Å²) in [6, 6.07) is 14.7. The molecule has 5 nitrogen and oxygen atoms in total. The van der Waals surface area contributed by atoms with Crippen LogP contribution < -0.4 is 15.0 Å². The molecule has 3 rings (SSSR count). The second-order valence-electron chi connectivity index (χ2n) is 5.83. The van der Waals surface area contributed by atoms with Crippen molar-refractivity contribution < 1.29 is 14.3 Å². The number of nitrogens with zero attached hydrogens (tertiary/aromatic N) is 1. The Morgan fingerprint density at radius 2 is 1.88 bits per heavy atom. The zero-order valence-electron chi connectivity index (χ0n) is 13.9. The van der Waals surface area contributed by atoms with Crippen LogP contribution in [-0.4, -0.2) is 25.0 Å². The maximum Gasteiger partial charge on any atom is 0.229 e. The first-order valence-electron chi connectivity index (χ1n) is 8.16. The van der Waals surface area contributed by atoms with Gasteiger partial charge in [-0.2, -0.15) is 0 Å². The van der Waals surface area contributed by atoms with Crippen LogP contribution in [0.2, 0.25) is 0 Å². The number of nitrogens with one attached hydrogen (secondary N) is 1. The van der Waals surface area contributed by atoms with Gasteiger partial charge in [-0.05, 0) is 55.5 Å². The summed E-state index contributed by atoms with van der Waals surface area (Å²) in [7, 11) is 0. The molecular formula is C19H19BrN2O3. The number of amides is 2. The number of hydrogen-bond donors (Lipinski definition) is 1. The normalized spacial score (nSPS) is 16.8. The van der Waals surface area contributed by atoms with E-state index in [2.05, 4.69) is 21.2 Å². The van der Waals surface area contributed by atoms with Gasteiger partial charge in [-0.15, -0.1) is 0 Å². The summed E-state index contributed by atoms with van der Waals surface area (Å²) >= 11 is 3.36. The number of carbonyl (C=O) groups is 2. The highest BCUT2D eigenvalue weighted by Gasteiger charge is 2.35. The Hall–Kier alpha value is -2.34. The molecule has 2 amide bonds. The van der Waals surface area contributed by atoms with Gasteiger partial charge in [0.2, 0.25) is 11.8 Å². The molecule has 2 aromatic rings. The summed E-state index contributed by atoms with van der Waals surface area (Å²) in [5, 5.41) is 2.87. The lowest BCUT2D eigenvalue weighted by atomic mass is 10.1. The van der Waals surface area contributed by atoms with E-state index in [1.165, 1.54) is 0 Å². The molecule has 2 aromatic carbocycles. The monoisotopic (exact) mass is 402 g/mol. The molecule has 0 spiro atoms. The number of rotatable bonds is 5. The highest BCUT2D eigenvalue weighted by molar-refractivity contribution is 9.10. The van der Waals surface area contributed by atoms with Gasteiger partial charge in [-0.3, -0.25) is 9.59 Å². The van der Waals surface area contributed by atoms with Gasteiger partial charge in [0.25, 0.3) is 0 Å². The van der Waals surface area contributed by atoms with E-state index in [0.29, 0.717) is 13.2 Å². The van der Waals surface area contributed by atoms with Crippen LogP contribution in [0, 0.1) is 5.92 Å². The van der Waals surface area contributed by atoms with E-state index in [9.17, 15) is 9.59 Å². The highest BCUT2D eigenvalue weighted by Crippen LogP contribution is 2.27. The molecule has 1 N–H and O–H groups in total. The molecule has 0 bridgehead atoms. The molecular weight excluding hydrogens is 384 g/mol. The van der Waals surface area contributed by atoms with Crippen LogP contribution in [0.3, 0.4) is 0 Å². The summed E-state index contributed by atoms with van der Waals surface area (Å²) in [5.41, 5.74) is 1.51. The molecule has 1 atom stereocenters. The number of hydrogen-bond acceptors (Lipinski definition) is 3. The predicted molar refractivity (Wildman–Crippen MR) is 101 cm³/mol. The van der Waals surface area contributed by atoms with Crippen molar-refractivity contribution in [2.75, 3.05) is 23.4 Å². The number of benzene rings is 2. The van der Waals surface area contributed by atoms with Crippen molar-refractivity contribution in [2.45, 2.75) is 13.3 Å². The Morgan fingerprint density at radius 1 is 1.20 bits per heavy atom. The van der Waals surface area contributed by atoms with E-state index in [4.69, 9.17) is 4.74 Å². The molecule has 25 heavy (non-hydrogen) atoms. The van der Waals surface area contributed by atoms with Crippen LogP contribution in [0.5, 0.6) is 5.75 Å². The van der Waals surface area contributed by atoms with Gasteiger partial charge in [-0.25, -0.2) is 0 Å². The van der Waals surface area contributed by atoms with Gasteiger partial charge in [0.1, 0.15) is 5.75 Å². The number of anilines is 2. The lowest BCUT2D eigenvalue weighted by Gasteiger charge is -2.17. The zero-order chi connectivity index (χ0) is 17.8. The van der Waals surface area contributed by atoms with Crippen LogP contribution in [0.1, 0.15) is 13.3 Å². The number of halogens is 1. The Labute approximate surface area is 155 Å². The Bertz CT molecular complexity index is 759. The van der Waals surface area contributed by atoms with Crippen molar-refractivity contribution in [3.05, 3.63) is 53.0 Å². The number of ether oxygens (including phenoxy) is 1. The fourth-order valence-electron chi connectivity index (χ4n) is 2.80. The second-order valence-corrected chi connectivity index (χ2v) is 6.74. The first-order valence-corrected chi connectivity index (χ1v) is 8.96. The molecule has 0 radical (unpaired) electrons. The van der Waals surface area contributed by atoms with Crippen molar-refractivity contribution in [2.24, 2.45) is 5.92 Å². The van der Waals surface area contributed by atoms with E-state index in [0.717, 1.165) is 21.6 Å². The highest BCUT2D eigenvalue weighted by atomic mass is 79.9. The van der Waals surface area contributed by atoms with E-state index in [-0.39, 0.29) is 24.2 Å². The summed E-state index contributed by atoms with van der Waals surface area (Å²) in [4.78, 5) is 26.4. The first-order chi connectivity index (χ1) is 12.1. The van der Waals surface area contributed by atoms with Crippen molar-refractivity contribution in [3.63, 3.8) is 0 Å². The standard InChI is InChI=1S/C19H19BrN2O3/c1-2-25-17-9-7-16(8-10-17)22-12-13(11-18(22)23)19(24)21-15-5-3-14(20)4-6-15/h3-10,13H,2,11-12H2,1H3,(H,21,24)/t13-/m1/s1. The molecule has 0 aliphatic carbocycles. The van der Waals surface area contributed by atoms with Gasteiger partial charge in [0.15, 0.2) is 0 Å². The minimum atomic E-state index is -0.359. The maximum absolute atomic E-state index is 12.4.